The number of furan rings is 1. The summed E-state index contributed by atoms with van der Waals surface area (Å²) in [7, 11) is 0. The fraction of sp³-hybridized carbons (Fsp3) is 0.136. The number of ether oxygens (including phenoxy) is 2. The average Bonchev–Trinajstić information content (AvgIpc) is 3.18. The molecule has 0 bridgehead atoms. The van der Waals surface area contributed by atoms with Gasteiger partial charge in [0.15, 0.2) is 5.76 Å². The van der Waals surface area contributed by atoms with E-state index in [-0.39, 0.29) is 11.5 Å². The van der Waals surface area contributed by atoms with E-state index in [0.717, 1.165) is 11.3 Å². The molecule has 0 radical (unpaired) electrons. The van der Waals surface area contributed by atoms with Crippen LogP contribution in [0.25, 0.3) is 6.08 Å². The second-order valence-electron chi connectivity index (χ2n) is 6.32. The first kappa shape index (κ1) is 16.2. The molecule has 1 aromatic heterocycles. The molecule has 0 fully saturated rings. The summed E-state index contributed by atoms with van der Waals surface area (Å²) in [5.41, 5.74) is 2.83. The lowest BCUT2D eigenvalue weighted by Crippen LogP contribution is -1.97. The van der Waals surface area contributed by atoms with E-state index >= 15 is 0 Å². The number of allylic oxidation sites excluding steroid dienone is 1. The van der Waals surface area contributed by atoms with Crippen LogP contribution in [0, 0.1) is 13.8 Å². The van der Waals surface area contributed by atoms with Gasteiger partial charge in [-0.3, -0.25) is 4.79 Å². The maximum Gasteiger partial charge on any atom is 0.232 e. The fourth-order valence-corrected chi connectivity index (χ4v) is 2.77. The molecule has 2 heterocycles. The molecule has 0 aliphatic carbocycles. The minimum Gasteiger partial charge on any atom is -0.489 e. The Bertz CT molecular complexity index is 993. The second kappa shape index (κ2) is 6.56. The monoisotopic (exact) mass is 346 g/mol. The van der Waals surface area contributed by atoms with Crippen LogP contribution in [0.3, 0.4) is 0 Å². The zero-order valence-electron chi connectivity index (χ0n) is 14.6. The zero-order chi connectivity index (χ0) is 18.1. The third-order valence-electron chi connectivity index (χ3n) is 4.20. The van der Waals surface area contributed by atoms with Gasteiger partial charge < -0.3 is 13.9 Å². The summed E-state index contributed by atoms with van der Waals surface area (Å²) in [6.45, 7) is 4.36. The third-order valence-corrected chi connectivity index (χ3v) is 4.20. The highest BCUT2D eigenvalue weighted by atomic mass is 16.5. The molecule has 130 valence electrons. The number of benzene rings is 2. The minimum atomic E-state index is -0.154. The molecule has 0 saturated carbocycles. The molecule has 4 heteroatoms. The molecule has 2 aromatic carbocycles. The summed E-state index contributed by atoms with van der Waals surface area (Å²) >= 11 is 0. The predicted octanol–water partition coefficient (Wildman–Crippen LogP) is 5.09. The van der Waals surface area contributed by atoms with Gasteiger partial charge >= 0.3 is 0 Å². The Morgan fingerprint density at radius 1 is 1.00 bits per heavy atom. The van der Waals surface area contributed by atoms with Crippen molar-refractivity contribution in [3.8, 4) is 11.5 Å². The Morgan fingerprint density at radius 2 is 1.81 bits per heavy atom. The van der Waals surface area contributed by atoms with Crippen LogP contribution in [-0.4, -0.2) is 5.78 Å². The van der Waals surface area contributed by atoms with Crippen LogP contribution in [0.15, 0.2) is 64.8 Å². The molecular formula is C22H18O4. The van der Waals surface area contributed by atoms with Crippen LogP contribution in [0.5, 0.6) is 11.5 Å². The Hall–Kier alpha value is -3.27. The summed E-state index contributed by atoms with van der Waals surface area (Å²) < 4.78 is 17.0. The number of hydrogen-bond donors (Lipinski definition) is 0. The number of carbonyl (C=O) groups is 1. The molecule has 0 atom stereocenters. The smallest absolute Gasteiger partial charge is 0.232 e. The van der Waals surface area contributed by atoms with Crippen LogP contribution >= 0.6 is 0 Å². The van der Waals surface area contributed by atoms with Gasteiger partial charge in [0.25, 0.3) is 0 Å². The number of Topliss-reactive ketones (excluding diaryl/α,β-unsaturated/α-hetero) is 1. The van der Waals surface area contributed by atoms with E-state index in [1.54, 1.807) is 30.3 Å². The third kappa shape index (κ3) is 3.26. The average molecular weight is 346 g/mol. The highest BCUT2D eigenvalue weighted by Gasteiger charge is 2.28. The van der Waals surface area contributed by atoms with Gasteiger partial charge in [-0.2, -0.15) is 0 Å². The van der Waals surface area contributed by atoms with Crippen LogP contribution in [0.1, 0.15) is 33.0 Å². The van der Waals surface area contributed by atoms with Crippen molar-refractivity contribution in [1.82, 2.24) is 0 Å². The van der Waals surface area contributed by atoms with E-state index in [1.165, 1.54) is 5.56 Å². The Balaban J connectivity index is 1.50. The molecule has 0 saturated heterocycles. The largest absolute Gasteiger partial charge is 0.489 e. The van der Waals surface area contributed by atoms with Crippen molar-refractivity contribution in [1.29, 1.82) is 0 Å². The molecule has 0 amide bonds. The van der Waals surface area contributed by atoms with Gasteiger partial charge in [-0.1, -0.05) is 29.8 Å². The first-order valence-electron chi connectivity index (χ1n) is 8.41. The number of rotatable bonds is 4. The Labute approximate surface area is 151 Å². The van der Waals surface area contributed by atoms with Crippen molar-refractivity contribution < 1.29 is 18.7 Å². The summed E-state index contributed by atoms with van der Waals surface area (Å²) in [5.74, 6) is 2.64. The lowest BCUT2D eigenvalue weighted by atomic mass is 10.1. The van der Waals surface area contributed by atoms with Gasteiger partial charge in [-0.25, -0.2) is 0 Å². The topological polar surface area (TPSA) is 48.7 Å². The van der Waals surface area contributed by atoms with Gasteiger partial charge in [-0.15, -0.1) is 0 Å². The summed E-state index contributed by atoms with van der Waals surface area (Å²) in [6, 6.07) is 17.1. The zero-order valence-corrected chi connectivity index (χ0v) is 14.6. The lowest BCUT2D eigenvalue weighted by Gasteiger charge is -2.07. The highest BCUT2D eigenvalue weighted by molar-refractivity contribution is 6.14. The quantitative estimate of drug-likeness (QED) is 0.617. The van der Waals surface area contributed by atoms with E-state index in [2.05, 4.69) is 19.1 Å². The van der Waals surface area contributed by atoms with Crippen molar-refractivity contribution in [2.75, 3.05) is 0 Å². The van der Waals surface area contributed by atoms with Crippen LogP contribution in [-0.2, 0) is 6.61 Å². The van der Waals surface area contributed by atoms with Gasteiger partial charge in [0.2, 0.25) is 5.78 Å². The van der Waals surface area contributed by atoms with Gasteiger partial charge in [0.05, 0.1) is 5.56 Å². The molecule has 0 unspecified atom stereocenters. The molecule has 1 aliphatic heterocycles. The molecule has 26 heavy (non-hydrogen) atoms. The molecule has 4 nitrogen and oxygen atoms in total. The van der Waals surface area contributed by atoms with Crippen molar-refractivity contribution in [3.63, 3.8) is 0 Å². The van der Waals surface area contributed by atoms with E-state index < -0.39 is 0 Å². The molecule has 0 N–H and O–H groups in total. The Morgan fingerprint density at radius 3 is 2.54 bits per heavy atom. The number of carbonyl (C=O) groups excluding carboxylic acids is 1. The molecule has 4 rings (SSSR count). The normalized spacial score (nSPS) is 14.4. The number of aryl methyl sites for hydroxylation is 2. The van der Waals surface area contributed by atoms with Gasteiger partial charge in [-0.05, 0) is 43.7 Å². The summed E-state index contributed by atoms with van der Waals surface area (Å²) in [6.07, 6.45) is 1.61. The summed E-state index contributed by atoms with van der Waals surface area (Å²) in [4.78, 5) is 12.5. The van der Waals surface area contributed by atoms with Crippen molar-refractivity contribution >= 4 is 11.9 Å². The number of ketones is 1. The number of fused-ring (bicyclic) bond motifs is 1. The van der Waals surface area contributed by atoms with E-state index in [9.17, 15) is 4.79 Å². The van der Waals surface area contributed by atoms with E-state index in [0.29, 0.717) is 29.4 Å². The van der Waals surface area contributed by atoms with Crippen LogP contribution in [0.2, 0.25) is 0 Å². The SMILES string of the molecule is Cc1ccc(COc2ccc3c(c2)O/C(=C/c2ccc(C)o2)C3=O)cc1. The van der Waals surface area contributed by atoms with E-state index in [1.807, 2.05) is 25.1 Å². The second-order valence-corrected chi connectivity index (χ2v) is 6.32. The lowest BCUT2D eigenvalue weighted by molar-refractivity contribution is 0.101. The van der Waals surface area contributed by atoms with Crippen molar-refractivity contribution in [2.45, 2.75) is 20.5 Å². The summed E-state index contributed by atoms with van der Waals surface area (Å²) in [5, 5.41) is 0. The first-order chi connectivity index (χ1) is 12.6. The first-order valence-corrected chi connectivity index (χ1v) is 8.41. The van der Waals surface area contributed by atoms with Crippen LogP contribution in [0.4, 0.5) is 0 Å². The minimum absolute atomic E-state index is 0.154. The standard InChI is InChI=1S/C22H18O4/c1-14-3-6-16(7-4-14)13-24-17-9-10-19-20(11-17)26-21(22(19)23)12-18-8-5-15(2)25-18/h3-12H,13H2,1-2H3/b21-12+. The molecule has 3 aromatic rings. The van der Waals surface area contributed by atoms with Gasteiger partial charge in [0, 0.05) is 12.1 Å². The molecular weight excluding hydrogens is 328 g/mol. The van der Waals surface area contributed by atoms with Crippen LogP contribution < -0.4 is 9.47 Å². The number of hydrogen-bond acceptors (Lipinski definition) is 4. The van der Waals surface area contributed by atoms with E-state index in [4.69, 9.17) is 13.9 Å². The maximum absolute atomic E-state index is 12.5. The predicted molar refractivity (Wildman–Crippen MR) is 98.3 cm³/mol. The van der Waals surface area contributed by atoms with Crippen molar-refractivity contribution in [3.05, 3.63) is 88.6 Å². The molecule has 1 aliphatic rings. The van der Waals surface area contributed by atoms with Crippen molar-refractivity contribution in [2.24, 2.45) is 0 Å². The fourth-order valence-electron chi connectivity index (χ4n) is 2.77. The van der Waals surface area contributed by atoms with Gasteiger partial charge in [0.1, 0.15) is 29.6 Å². The molecule has 0 spiro atoms. The highest BCUT2D eigenvalue weighted by Crippen LogP contribution is 2.35. The maximum atomic E-state index is 12.5. The Kier molecular flexibility index (Phi) is 4.09.